The Kier molecular flexibility index (Phi) is 5.46. The van der Waals surface area contributed by atoms with Crippen LogP contribution in [0.2, 0.25) is 0 Å². The van der Waals surface area contributed by atoms with Crippen LogP contribution in [0.25, 0.3) is 0 Å². The van der Waals surface area contributed by atoms with E-state index in [2.05, 4.69) is 32.7 Å². The van der Waals surface area contributed by atoms with Crippen molar-refractivity contribution in [1.29, 1.82) is 0 Å². The fourth-order valence-corrected chi connectivity index (χ4v) is 2.52. The summed E-state index contributed by atoms with van der Waals surface area (Å²) in [6, 6.07) is 7.89. The predicted octanol–water partition coefficient (Wildman–Crippen LogP) is 3.00. The molecule has 1 heterocycles. The highest BCUT2D eigenvalue weighted by molar-refractivity contribution is 5.71. The molecule has 0 amide bonds. The van der Waals surface area contributed by atoms with Gasteiger partial charge in [-0.3, -0.25) is 0 Å². The summed E-state index contributed by atoms with van der Waals surface area (Å²) in [5.41, 5.74) is 1.36. The van der Waals surface area contributed by atoms with Crippen LogP contribution >= 0.6 is 0 Å². The van der Waals surface area contributed by atoms with Crippen molar-refractivity contribution in [3.05, 3.63) is 29.8 Å². The number of likely N-dealkylation sites (tertiary alicyclic amines) is 1. The standard InChI is InChI=1S/C18H27NO3/c1-18(2,3)14-5-7-15(8-6-14)21-13-17(20)22-16-9-11-19(4)12-10-16/h5-8,16H,9-13H2,1-4H3. The molecule has 22 heavy (non-hydrogen) atoms. The maximum atomic E-state index is 11.8. The van der Waals surface area contributed by atoms with Gasteiger partial charge in [-0.15, -0.1) is 0 Å². The number of nitrogens with zero attached hydrogens (tertiary/aromatic N) is 1. The first-order valence-corrected chi connectivity index (χ1v) is 7.96. The summed E-state index contributed by atoms with van der Waals surface area (Å²) in [6.45, 7) is 8.44. The van der Waals surface area contributed by atoms with Gasteiger partial charge < -0.3 is 14.4 Å². The molecule has 0 unspecified atom stereocenters. The minimum Gasteiger partial charge on any atom is -0.482 e. The largest absolute Gasteiger partial charge is 0.482 e. The van der Waals surface area contributed by atoms with Crippen molar-refractivity contribution in [1.82, 2.24) is 4.90 Å². The maximum Gasteiger partial charge on any atom is 0.344 e. The summed E-state index contributed by atoms with van der Waals surface area (Å²) >= 11 is 0. The normalized spacial score (nSPS) is 17.3. The number of hydrogen-bond acceptors (Lipinski definition) is 4. The summed E-state index contributed by atoms with van der Waals surface area (Å²) in [5.74, 6) is 0.419. The van der Waals surface area contributed by atoms with E-state index in [1.54, 1.807) is 0 Å². The zero-order valence-electron chi connectivity index (χ0n) is 14.1. The van der Waals surface area contributed by atoms with Crippen molar-refractivity contribution in [3.63, 3.8) is 0 Å². The smallest absolute Gasteiger partial charge is 0.344 e. The Hall–Kier alpha value is -1.55. The zero-order valence-corrected chi connectivity index (χ0v) is 14.1. The molecule has 122 valence electrons. The van der Waals surface area contributed by atoms with Gasteiger partial charge in [-0.25, -0.2) is 4.79 Å². The van der Waals surface area contributed by atoms with Gasteiger partial charge in [-0.1, -0.05) is 32.9 Å². The van der Waals surface area contributed by atoms with Gasteiger partial charge in [0, 0.05) is 13.1 Å². The van der Waals surface area contributed by atoms with E-state index in [-0.39, 0.29) is 24.1 Å². The fourth-order valence-electron chi connectivity index (χ4n) is 2.52. The first-order valence-electron chi connectivity index (χ1n) is 7.96. The third kappa shape index (κ3) is 5.02. The quantitative estimate of drug-likeness (QED) is 0.802. The van der Waals surface area contributed by atoms with Gasteiger partial charge in [0.25, 0.3) is 0 Å². The Labute approximate surface area is 133 Å². The Morgan fingerprint density at radius 2 is 1.77 bits per heavy atom. The van der Waals surface area contributed by atoms with Crippen LogP contribution in [0.15, 0.2) is 24.3 Å². The highest BCUT2D eigenvalue weighted by Crippen LogP contribution is 2.24. The van der Waals surface area contributed by atoms with E-state index in [9.17, 15) is 4.79 Å². The molecule has 0 radical (unpaired) electrons. The molecule has 0 aliphatic carbocycles. The van der Waals surface area contributed by atoms with Crippen LogP contribution < -0.4 is 4.74 Å². The second-order valence-corrected chi connectivity index (χ2v) is 7.06. The van der Waals surface area contributed by atoms with Gasteiger partial charge in [0.2, 0.25) is 0 Å². The highest BCUT2D eigenvalue weighted by Gasteiger charge is 2.20. The summed E-state index contributed by atoms with van der Waals surface area (Å²) in [4.78, 5) is 14.1. The third-order valence-corrected chi connectivity index (χ3v) is 4.04. The van der Waals surface area contributed by atoms with E-state index in [0.29, 0.717) is 5.75 Å². The SMILES string of the molecule is CN1CCC(OC(=O)COc2ccc(C(C)(C)C)cc2)CC1. The number of carbonyl (C=O) groups is 1. The van der Waals surface area contributed by atoms with Crippen molar-refractivity contribution in [2.24, 2.45) is 0 Å². The maximum absolute atomic E-state index is 11.8. The molecule has 0 N–H and O–H groups in total. The summed E-state index contributed by atoms with van der Waals surface area (Å²) in [6.07, 6.45) is 1.85. The van der Waals surface area contributed by atoms with Crippen molar-refractivity contribution >= 4 is 5.97 Å². The van der Waals surface area contributed by atoms with Gasteiger partial charge in [-0.2, -0.15) is 0 Å². The van der Waals surface area contributed by atoms with Crippen LogP contribution in [0.3, 0.4) is 0 Å². The molecule has 1 aliphatic heterocycles. The van der Waals surface area contributed by atoms with Crippen LogP contribution in [0.5, 0.6) is 5.75 Å². The first kappa shape index (κ1) is 16.8. The van der Waals surface area contributed by atoms with E-state index in [0.717, 1.165) is 25.9 Å². The molecule has 0 saturated carbocycles. The fraction of sp³-hybridized carbons (Fsp3) is 0.611. The predicted molar refractivity (Wildman–Crippen MR) is 87.2 cm³/mol. The summed E-state index contributed by atoms with van der Waals surface area (Å²) < 4.78 is 11.0. The van der Waals surface area contributed by atoms with E-state index < -0.39 is 0 Å². The third-order valence-electron chi connectivity index (χ3n) is 4.04. The number of rotatable bonds is 4. The van der Waals surface area contributed by atoms with Crippen molar-refractivity contribution in [2.75, 3.05) is 26.7 Å². The van der Waals surface area contributed by atoms with Gasteiger partial charge in [-0.05, 0) is 43.0 Å². The van der Waals surface area contributed by atoms with Gasteiger partial charge in [0.1, 0.15) is 11.9 Å². The Morgan fingerprint density at radius 1 is 1.18 bits per heavy atom. The zero-order chi connectivity index (χ0) is 16.2. The van der Waals surface area contributed by atoms with Crippen LogP contribution in [-0.4, -0.2) is 43.7 Å². The number of piperidine rings is 1. The van der Waals surface area contributed by atoms with E-state index in [1.165, 1.54) is 5.56 Å². The van der Waals surface area contributed by atoms with E-state index in [1.807, 2.05) is 24.3 Å². The lowest BCUT2D eigenvalue weighted by molar-refractivity contribution is -0.153. The number of carbonyl (C=O) groups excluding carboxylic acids is 1. The molecule has 1 aromatic carbocycles. The average Bonchev–Trinajstić information content (AvgIpc) is 2.47. The topological polar surface area (TPSA) is 38.8 Å². The lowest BCUT2D eigenvalue weighted by atomic mass is 9.87. The molecule has 4 heteroatoms. The molecule has 1 aliphatic rings. The van der Waals surface area contributed by atoms with E-state index >= 15 is 0 Å². The molecular weight excluding hydrogens is 278 g/mol. The number of ether oxygens (including phenoxy) is 2. The lowest BCUT2D eigenvalue weighted by Gasteiger charge is -2.28. The minimum absolute atomic E-state index is 0.0266. The molecule has 0 aromatic heterocycles. The van der Waals surface area contributed by atoms with Gasteiger partial charge >= 0.3 is 5.97 Å². The summed E-state index contributed by atoms with van der Waals surface area (Å²) in [7, 11) is 2.09. The first-order chi connectivity index (χ1) is 10.3. The van der Waals surface area contributed by atoms with Crippen LogP contribution in [-0.2, 0) is 14.9 Å². The molecule has 1 aromatic rings. The van der Waals surface area contributed by atoms with E-state index in [4.69, 9.17) is 9.47 Å². The van der Waals surface area contributed by atoms with Crippen LogP contribution in [0, 0.1) is 0 Å². The minimum atomic E-state index is -0.283. The molecule has 0 bridgehead atoms. The Morgan fingerprint density at radius 3 is 2.32 bits per heavy atom. The van der Waals surface area contributed by atoms with Crippen LogP contribution in [0.1, 0.15) is 39.2 Å². The molecule has 0 atom stereocenters. The Bertz CT molecular complexity index is 482. The van der Waals surface area contributed by atoms with Gasteiger partial charge in [0.15, 0.2) is 6.61 Å². The second kappa shape index (κ2) is 7.14. The molecule has 2 rings (SSSR count). The molecule has 0 spiro atoms. The number of esters is 1. The van der Waals surface area contributed by atoms with Crippen molar-refractivity contribution in [3.8, 4) is 5.75 Å². The number of benzene rings is 1. The highest BCUT2D eigenvalue weighted by atomic mass is 16.6. The monoisotopic (exact) mass is 305 g/mol. The Balaban J connectivity index is 1.76. The summed E-state index contributed by atoms with van der Waals surface area (Å²) in [5, 5.41) is 0. The average molecular weight is 305 g/mol. The number of hydrogen-bond donors (Lipinski definition) is 0. The lowest BCUT2D eigenvalue weighted by Crippen LogP contribution is -2.36. The van der Waals surface area contributed by atoms with Crippen LogP contribution in [0.4, 0.5) is 0 Å². The molecule has 1 fully saturated rings. The van der Waals surface area contributed by atoms with Gasteiger partial charge in [0.05, 0.1) is 0 Å². The second-order valence-electron chi connectivity index (χ2n) is 7.06. The molecule has 4 nitrogen and oxygen atoms in total. The molecule has 1 saturated heterocycles. The molecular formula is C18H27NO3. The van der Waals surface area contributed by atoms with Crippen molar-refractivity contribution in [2.45, 2.75) is 45.1 Å². The van der Waals surface area contributed by atoms with Crippen molar-refractivity contribution < 1.29 is 14.3 Å².